The highest BCUT2D eigenvalue weighted by molar-refractivity contribution is 7.71. The van der Waals surface area contributed by atoms with E-state index >= 15 is 0 Å². The summed E-state index contributed by atoms with van der Waals surface area (Å²) in [5, 5.41) is 0. The Kier molecular flexibility index (Phi) is 5.93. The summed E-state index contributed by atoms with van der Waals surface area (Å²) < 4.78 is 2.29. The Morgan fingerprint density at radius 1 is 1.33 bits per heavy atom. The van der Waals surface area contributed by atoms with Crippen LogP contribution in [0.15, 0.2) is 17.1 Å². The summed E-state index contributed by atoms with van der Waals surface area (Å²) in [4.78, 5) is 32.1. The minimum absolute atomic E-state index is 0.175. The van der Waals surface area contributed by atoms with E-state index in [0.29, 0.717) is 10.8 Å². The Bertz CT molecular complexity index is 478. The van der Waals surface area contributed by atoms with Gasteiger partial charge in [0.2, 0.25) is 0 Å². The number of nitrogens with zero attached hydrogens (tertiary/aromatic N) is 1. The minimum Gasteiger partial charge on any atom is -0.411 e. The van der Waals surface area contributed by atoms with Gasteiger partial charge < -0.3 is 14.2 Å². The van der Waals surface area contributed by atoms with Gasteiger partial charge >= 0.3 is 8.56 Å². The summed E-state index contributed by atoms with van der Waals surface area (Å²) in [7, 11) is -2.86. The molecule has 0 radical (unpaired) electrons. The monoisotopic (exact) mass is 288 g/mol. The lowest BCUT2D eigenvalue weighted by molar-refractivity contribution is 0.366. The van der Waals surface area contributed by atoms with Crippen LogP contribution in [0.1, 0.15) is 25.7 Å². The van der Waals surface area contributed by atoms with Gasteiger partial charge in [0.15, 0.2) is 4.77 Å². The summed E-state index contributed by atoms with van der Waals surface area (Å²) in [6.07, 6.45) is 5.53. The maximum absolute atomic E-state index is 11.0. The molecule has 102 valence electrons. The van der Waals surface area contributed by atoms with Gasteiger partial charge in [-0.15, -0.1) is 0 Å². The van der Waals surface area contributed by atoms with E-state index in [0.717, 1.165) is 32.2 Å². The highest BCUT2D eigenvalue weighted by atomic mass is 32.1. The molecule has 7 heteroatoms. The quantitative estimate of drug-likeness (QED) is 0.404. The van der Waals surface area contributed by atoms with Crippen molar-refractivity contribution in [1.82, 2.24) is 9.55 Å². The van der Waals surface area contributed by atoms with E-state index in [2.05, 4.69) is 4.98 Å². The zero-order valence-electron chi connectivity index (χ0n) is 10.6. The highest BCUT2D eigenvalue weighted by Gasteiger charge is 2.19. The molecule has 0 saturated carbocycles. The summed E-state index contributed by atoms with van der Waals surface area (Å²) >= 11 is 5.04. The smallest absolute Gasteiger partial charge is 0.329 e. The molecule has 1 rings (SSSR count). The van der Waals surface area contributed by atoms with Crippen molar-refractivity contribution >= 4 is 20.8 Å². The standard InChI is InChI=1S/C11H20N2O3SSi/c1-18(15,16)9-5-3-2-4-7-13-8-6-10(14)12-11(13)17/h6,8,15-16H,2-5,7,9H2,1H3,(H,12,14,17). The number of aryl methyl sites for hydroxylation is 1. The molecule has 1 aromatic heterocycles. The maximum atomic E-state index is 11.0. The lowest BCUT2D eigenvalue weighted by atomic mass is 10.2. The number of H-pyrrole nitrogens is 1. The van der Waals surface area contributed by atoms with Crippen molar-refractivity contribution in [3.8, 4) is 0 Å². The maximum Gasteiger partial charge on any atom is 0.329 e. The van der Waals surface area contributed by atoms with Crippen LogP contribution in [-0.4, -0.2) is 27.7 Å². The molecule has 1 aromatic rings. The van der Waals surface area contributed by atoms with E-state index < -0.39 is 8.56 Å². The van der Waals surface area contributed by atoms with Crippen LogP contribution in [0.5, 0.6) is 0 Å². The fraction of sp³-hybridized carbons (Fsp3) is 0.636. The van der Waals surface area contributed by atoms with Crippen LogP contribution in [0.4, 0.5) is 0 Å². The van der Waals surface area contributed by atoms with Crippen molar-refractivity contribution < 1.29 is 9.59 Å². The van der Waals surface area contributed by atoms with E-state index in [4.69, 9.17) is 12.2 Å². The van der Waals surface area contributed by atoms with Gasteiger partial charge in [-0.1, -0.05) is 19.3 Å². The van der Waals surface area contributed by atoms with E-state index in [9.17, 15) is 14.4 Å². The number of rotatable bonds is 7. The third-order valence-electron chi connectivity index (χ3n) is 2.70. The second-order valence-electron chi connectivity index (χ2n) is 4.68. The van der Waals surface area contributed by atoms with Gasteiger partial charge in [-0.25, -0.2) is 0 Å². The van der Waals surface area contributed by atoms with Crippen LogP contribution in [-0.2, 0) is 6.54 Å². The van der Waals surface area contributed by atoms with Crippen LogP contribution in [0.2, 0.25) is 12.6 Å². The summed E-state index contributed by atoms with van der Waals surface area (Å²) in [5.41, 5.74) is -0.175. The first-order valence-electron chi connectivity index (χ1n) is 6.13. The average molecular weight is 288 g/mol. The predicted molar refractivity (Wildman–Crippen MR) is 75.2 cm³/mol. The molecule has 18 heavy (non-hydrogen) atoms. The first kappa shape index (κ1) is 15.3. The van der Waals surface area contributed by atoms with Gasteiger partial charge in [-0.05, 0) is 31.2 Å². The van der Waals surface area contributed by atoms with Crippen molar-refractivity contribution in [2.24, 2.45) is 0 Å². The third-order valence-corrected chi connectivity index (χ3v) is 4.33. The molecule has 0 saturated heterocycles. The van der Waals surface area contributed by atoms with E-state index in [1.54, 1.807) is 6.20 Å². The number of nitrogens with one attached hydrogen (secondary N) is 1. The van der Waals surface area contributed by atoms with Gasteiger partial charge in [0.25, 0.3) is 5.56 Å². The Morgan fingerprint density at radius 2 is 2.00 bits per heavy atom. The van der Waals surface area contributed by atoms with E-state index in [1.165, 1.54) is 12.6 Å². The Morgan fingerprint density at radius 3 is 2.61 bits per heavy atom. The molecule has 0 aliphatic heterocycles. The van der Waals surface area contributed by atoms with Crippen molar-refractivity contribution in [3.63, 3.8) is 0 Å². The van der Waals surface area contributed by atoms with Gasteiger partial charge in [-0.2, -0.15) is 0 Å². The second kappa shape index (κ2) is 6.98. The molecule has 0 aromatic carbocycles. The fourth-order valence-electron chi connectivity index (χ4n) is 1.72. The summed E-state index contributed by atoms with van der Waals surface area (Å²) in [6, 6.07) is 2.00. The highest BCUT2D eigenvalue weighted by Crippen LogP contribution is 2.10. The topological polar surface area (TPSA) is 78.2 Å². The molecule has 1 heterocycles. The normalized spacial score (nSPS) is 11.7. The molecule has 0 amide bonds. The number of unbranched alkanes of at least 4 members (excludes halogenated alkanes) is 3. The summed E-state index contributed by atoms with van der Waals surface area (Å²) in [6.45, 7) is 2.31. The first-order valence-corrected chi connectivity index (χ1v) is 9.14. The molecule has 0 spiro atoms. The SMILES string of the molecule is C[Si](O)(O)CCCCCCn1ccc(=O)[nH]c1=S. The molecule has 0 aliphatic rings. The van der Waals surface area contributed by atoms with E-state index in [-0.39, 0.29) is 5.56 Å². The third kappa shape index (κ3) is 6.25. The van der Waals surface area contributed by atoms with Gasteiger partial charge in [0, 0.05) is 18.8 Å². The largest absolute Gasteiger partial charge is 0.411 e. The van der Waals surface area contributed by atoms with Crippen LogP contribution in [0, 0.1) is 4.77 Å². The molecule has 0 unspecified atom stereocenters. The van der Waals surface area contributed by atoms with Crippen molar-refractivity contribution in [2.75, 3.05) is 0 Å². The molecule has 0 atom stereocenters. The van der Waals surface area contributed by atoms with Crippen molar-refractivity contribution in [1.29, 1.82) is 0 Å². The fourth-order valence-corrected chi connectivity index (χ4v) is 2.89. The van der Waals surface area contributed by atoms with Gasteiger partial charge in [-0.3, -0.25) is 9.78 Å². The number of aromatic amines is 1. The van der Waals surface area contributed by atoms with Crippen LogP contribution in [0.25, 0.3) is 0 Å². The minimum atomic E-state index is -2.86. The molecule has 3 N–H and O–H groups in total. The molecule has 5 nitrogen and oxygen atoms in total. The van der Waals surface area contributed by atoms with Gasteiger partial charge in [0.1, 0.15) is 0 Å². The second-order valence-corrected chi connectivity index (χ2v) is 8.01. The number of hydrogen-bond acceptors (Lipinski definition) is 4. The van der Waals surface area contributed by atoms with Crippen molar-refractivity contribution in [3.05, 3.63) is 27.4 Å². The zero-order chi connectivity index (χ0) is 13.6. The first-order chi connectivity index (χ1) is 8.38. The Labute approximate surface area is 112 Å². The average Bonchev–Trinajstić information content (AvgIpc) is 2.24. The Hall–Kier alpha value is -0.763. The van der Waals surface area contributed by atoms with Gasteiger partial charge in [0.05, 0.1) is 0 Å². The summed E-state index contributed by atoms with van der Waals surface area (Å²) in [5.74, 6) is 0. The van der Waals surface area contributed by atoms with Crippen molar-refractivity contribution in [2.45, 2.75) is 44.8 Å². The van der Waals surface area contributed by atoms with Crippen LogP contribution >= 0.6 is 12.2 Å². The molecular formula is C11H20N2O3SSi. The molecular weight excluding hydrogens is 268 g/mol. The van der Waals surface area contributed by atoms with Crippen LogP contribution < -0.4 is 5.56 Å². The predicted octanol–water partition coefficient (Wildman–Crippen LogP) is 1.52. The number of hydrogen-bond donors (Lipinski definition) is 3. The van der Waals surface area contributed by atoms with E-state index in [1.807, 2.05) is 4.57 Å². The lowest BCUT2D eigenvalue weighted by Crippen LogP contribution is -2.29. The Balaban J connectivity index is 2.22. The number of aromatic nitrogens is 2. The lowest BCUT2D eigenvalue weighted by Gasteiger charge is -2.11. The molecule has 0 aliphatic carbocycles. The van der Waals surface area contributed by atoms with Crippen LogP contribution in [0.3, 0.4) is 0 Å². The molecule has 0 bridgehead atoms. The zero-order valence-corrected chi connectivity index (χ0v) is 12.4. The molecule has 0 fully saturated rings.